The molecule has 0 saturated heterocycles. The third-order valence-electron chi connectivity index (χ3n) is 1.53. The van der Waals surface area contributed by atoms with Gasteiger partial charge in [-0.3, -0.25) is 0 Å². The molecule has 1 aromatic rings. The first-order chi connectivity index (χ1) is 5.65. The fourth-order valence-corrected chi connectivity index (χ4v) is 0.972. The molecule has 0 spiro atoms. The second-order valence-corrected chi connectivity index (χ2v) is 2.45. The normalized spacial score (nSPS) is 10.1. The number of hydrogen-bond acceptors (Lipinski definition) is 4. The Morgan fingerprint density at radius 3 is 2.33 bits per heavy atom. The highest BCUT2D eigenvalue weighted by atomic mass is 16.3. The van der Waals surface area contributed by atoms with E-state index in [-0.39, 0.29) is 30.3 Å². The number of hydrogen-bond donors (Lipinski definition) is 4. The molecular formula is C8H10O4. The number of benzene rings is 1. The van der Waals surface area contributed by atoms with Crippen LogP contribution in [0.4, 0.5) is 0 Å². The lowest BCUT2D eigenvalue weighted by Crippen LogP contribution is -1.90. The second kappa shape index (κ2) is 3.32. The first kappa shape index (κ1) is 8.67. The molecule has 1 rings (SSSR count). The first-order valence-corrected chi connectivity index (χ1v) is 3.50. The van der Waals surface area contributed by atoms with E-state index in [0.29, 0.717) is 5.56 Å². The van der Waals surface area contributed by atoms with Crippen molar-refractivity contribution in [1.82, 2.24) is 0 Å². The molecule has 4 nitrogen and oxygen atoms in total. The van der Waals surface area contributed by atoms with Gasteiger partial charge in [0.1, 0.15) is 5.75 Å². The summed E-state index contributed by atoms with van der Waals surface area (Å²) in [6.07, 6.45) is 0.202. The molecular weight excluding hydrogens is 160 g/mol. The predicted molar refractivity (Wildman–Crippen MR) is 42.2 cm³/mol. The maximum atomic E-state index is 9.18. The van der Waals surface area contributed by atoms with E-state index in [9.17, 15) is 5.11 Å². The number of aliphatic hydroxyl groups excluding tert-OH is 1. The van der Waals surface area contributed by atoms with Gasteiger partial charge in [-0.25, -0.2) is 0 Å². The molecule has 0 aliphatic heterocycles. The number of aromatic hydroxyl groups is 3. The minimum atomic E-state index is -0.376. The lowest BCUT2D eigenvalue weighted by Gasteiger charge is -2.04. The Morgan fingerprint density at radius 1 is 1.08 bits per heavy atom. The summed E-state index contributed by atoms with van der Waals surface area (Å²) in [7, 11) is 0. The Hall–Kier alpha value is -1.42. The Kier molecular flexibility index (Phi) is 2.40. The van der Waals surface area contributed by atoms with Crippen LogP contribution in [-0.2, 0) is 6.42 Å². The monoisotopic (exact) mass is 170 g/mol. The molecule has 0 amide bonds. The molecule has 0 unspecified atom stereocenters. The molecule has 0 aromatic heterocycles. The maximum Gasteiger partial charge on any atom is 0.161 e. The van der Waals surface area contributed by atoms with E-state index in [4.69, 9.17) is 15.3 Å². The van der Waals surface area contributed by atoms with E-state index in [2.05, 4.69) is 0 Å². The van der Waals surface area contributed by atoms with E-state index in [1.807, 2.05) is 0 Å². The topological polar surface area (TPSA) is 80.9 Å². The van der Waals surface area contributed by atoms with Crippen LogP contribution < -0.4 is 0 Å². The van der Waals surface area contributed by atoms with Crippen molar-refractivity contribution >= 4 is 0 Å². The van der Waals surface area contributed by atoms with Crippen molar-refractivity contribution in [1.29, 1.82) is 0 Å². The van der Waals surface area contributed by atoms with Crippen LogP contribution in [0.2, 0.25) is 0 Å². The molecule has 0 aliphatic rings. The van der Waals surface area contributed by atoms with E-state index in [0.717, 1.165) is 6.07 Å². The standard InChI is InChI=1S/C8H10O4/c9-2-1-5-3-6(10)4-7(11)8(5)12/h3-4,9-12H,1-2H2. The van der Waals surface area contributed by atoms with Gasteiger partial charge in [0, 0.05) is 18.2 Å². The van der Waals surface area contributed by atoms with Crippen LogP contribution in [0.5, 0.6) is 17.2 Å². The predicted octanol–water partition coefficient (Wildman–Crippen LogP) is 0.338. The zero-order valence-corrected chi connectivity index (χ0v) is 6.36. The molecule has 4 N–H and O–H groups in total. The Labute approximate surface area is 69.3 Å². The number of phenolic OH excluding ortho intramolecular Hbond substituents is 3. The van der Waals surface area contributed by atoms with Gasteiger partial charge in [-0.15, -0.1) is 0 Å². The third-order valence-corrected chi connectivity index (χ3v) is 1.53. The van der Waals surface area contributed by atoms with Gasteiger partial charge in [0.25, 0.3) is 0 Å². The molecule has 0 saturated carbocycles. The number of phenols is 3. The van der Waals surface area contributed by atoms with Crippen molar-refractivity contribution in [2.45, 2.75) is 6.42 Å². The van der Waals surface area contributed by atoms with E-state index in [1.165, 1.54) is 6.07 Å². The van der Waals surface area contributed by atoms with Gasteiger partial charge in [0.05, 0.1) is 0 Å². The quantitative estimate of drug-likeness (QED) is 0.381. The maximum absolute atomic E-state index is 9.18. The summed E-state index contributed by atoms with van der Waals surface area (Å²) in [6, 6.07) is 2.33. The van der Waals surface area contributed by atoms with Crippen molar-refractivity contribution in [3.8, 4) is 17.2 Å². The molecule has 12 heavy (non-hydrogen) atoms. The van der Waals surface area contributed by atoms with Gasteiger partial charge < -0.3 is 20.4 Å². The molecule has 0 heterocycles. The summed E-state index contributed by atoms with van der Waals surface area (Å²) in [5, 5.41) is 35.7. The fraction of sp³-hybridized carbons (Fsp3) is 0.250. The molecule has 0 aliphatic carbocycles. The summed E-state index contributed by atoms with van der Waals surface area (Å²) in [4.78, 5) is 0. The summed E-state index contributed by atoms with van der Waals surface area (Å²) in [5.41, 5.74) is 0.329. The van der Waals surface area contributed by atoms with E-state index in [1.54, 1.807) is 0 Å². The highest BCUT2D eigenvalue weighted by Crippen LogP contribution is 2.33. The van der Waals surface area contributed by atoms with E-state index >= 15 is 0 Å². The minimum Gasteiger partial charge on any atom is -0.508 e. The van der Waals surface area contributed by atoms with Crippen molar-refractivity contribution in [3.05, 3.63) is 17.7 Å². The van der Waals surface area contributed by atoms with Gasteiger partial charge in [-0.1, -0.05) is 0 Å². The lowest BCUT2D eigenvalue weighted by atomic mass is 10.1. The summed E-state index contributed by atoms with van der Waals surface area (Å²) in [6.45, 7) is -0.142. The molecule has 4 heteroatoms. The molecule has 0 atom stereocenters. The largest absolute Gasteiger partial charge is 0.508 e. The highest BCUT2D eigenvalue weighted by molar-refractivity contribution is 5.49. The highest BCUT2D eigenvalue weighted by Gasteiger charge is 2.07. The Balaban J connectivity index is 3.09. The van der Waals surface area contributed by atoms with Gasteiger partial charge >= 0.3 is 0 Å². The summed E-state index contributed by atoms with van der Waals surface area (Å²) >= 11 is 0. The number of aliphatic hydroxyl groups is 1. The van der Waals surface area contributed by atoms with Crippen molar-refractivity contribution in [2.75, 3.05) is 6.61 Å². The van der Waals surface area contributed by atoms with Crippen molar-refractivity contribution in [2.24, 2.45) is 0 Å². The SMILES string of the molecule is OCCc1cc(O)cc(O)c1O. The number of rotatable bonds is 2. The first-order valence-electron chi connectivity index (χ1n) is 3.50. The average molecular weight is 170 g/mol. The summed E-state index contributed by atoms with van der Waals surface area (Å²) in [5.74, 6) is -0.797. The van der Waals surface area contributed by atoms with Crippen LogP contribution in [0.1, 0.15) is 5.56 Å². The molecule has 66 valence electrons. The van der Waals surface area contributed by atoms with Gasteiger partial charge in [-0.05, 0) is 12.5 Å². The van der Waals surface area contributed by atoms with Crippen LogP contribution in [-0.4, -0.2) is 27.0 Å². The second-order valence-electron chi connectivity index (χ2n) is 2.45. The van der Waals surface area contributed by atoms with Gasteiger partial charge in [-0.2, -0.15) is 0 Å². The van der Waals surface area contributed by atoms with Crippen LogP contribution in [0.3, 0.4) is 0 Å². The van der Waals surface area contributed by atoms with Crippen LogP contribution in [0.15, 0.2) is 12.1 Å². The third kappa shape index (κ3) is 1.60. The van der Waals surface area contributed by atoms with Crippen LogP contribution in [0, 0.1) is 0 Å². The van der Waals surface area contributed by atoms with Gasteiger partial charge in [0.15, 0.2) is 11.5 Å². The van der Waals surface area contributed by atoms with Crippen molar-refractivity contribution in [3.63, 3.8) is 0 Å². The molecule has 0 bridgehead atoms. The minimum absolute atomic E-state index is 0.131. The molecule has 0 radical (unpaired) electrons. The summed E-state index contributed by atoms with van der Waals surface area (Å²) < 4.78 is 0. The Morgan fingerprint density at radius 2 is 1.75 bits per heavy atom. The molecule has 0 fully saturated rings. The molecule has 1 aromatic carbocycles. The van der Waals surface area contributed by atoms with Crippen LogP contribution >= 0.6 is 0 Å². The van der Waals surface area contributed by atoms with Crippen molar-refractivity contribution < 1.29 is 20.4 Å². The fourth-order valence-electron chi connectivity index (χ4n) is 0.972. The Bertz CT molecular complexity index is 283. The zero-order chi connectivity index (χ0) is 9.14. The van der Waals surface area contributed by atoms with Crippen LogP contribution in [0.25, 0.3) is 0 Å². The lowest BCUT2D eigenvalue weighted by molar-refractivity contribution is 0.296. The zero-order valence-electron chi connectivity index (χ0n) is 6.36. The average Bonchev–Trinajstić information content (AvgIpc) is 2.00. The van der Waals surface area contributed by atoms with Gasteiger partial charge in [0.2, 0.25) is 0 Å². The van der Waals surface area contributed by atoms with E-state index < -0.39 is 0 Å². The smallest absolute Gasteiger partial charge is 0.161 e.